The number of hydrogen-bond donors (Lipinski definition) is 1. The molecule has 2 N–H and O–H groups in total. The monoisotopic (exact) mass is 143 g/mol. The van der Waals surface area contributed by atoms with Crippen LogP contribution in [-0.2, 0) is 4.74 Å². The third-order valence-corrected chi connectivity index (χ3v) is 2.06. The second-order valence-electron chi connectivity index (χ2n) is 3.16. The normalized spacial score (nSPS) is 21.0. The minimum Gasteiger partial charge on any atom is -0.382 e. The van der Waals surface area contributed by atoms with Crippen LogP contribution >= 0.6 is 0 Å². The minimum absolute atomic E-state index is 0.219. The number of hydrogen-bond acceptors (Lipinski definition) is 2. The van der Waals surface area contributed by atoms with Crippen molar-refractivity contribution in [2.24, 2.45) is 5.73 Å². The van der Waals surface area contributed by atoms with Gasteiger partial charge in [-0.2, -0.15) is 0 Å². The molecule has 0 heterocycles. The Morgan fingerprint density at radius 2 is 2.20 bits per heavy atom. The van der Waals surface area contributed by atoms with Gasteiger partial charge in [0.05, 0.1) is 0 Å². The van der Waals surface area contributed by atoms with Crippen LogP contribution in [-0.4, -0.2) is 18.8 Å². The van der Waals surface area contributed by atoms with E-state index in [4.69, 9.17) is 10.5 Å². The Labute approximate surface area is 62.7 Å². The van der Waals surface area contributed by atoms with Crippen molar-refractivity contribution in [1.29, 1.82) is 0 Å². The van der Waals surface area contributed by atoms with Crippen LogP contribution in [0.2, 0.25) is 0 Å². The maximum absolute atomic E-state index is 5.87. The van der Waals surface area contributed by atoms with Crippen molar-refractivity contribution in [3.63, 3.8) is 0 Å². The van der Waals surface area contributed by atoms with Gasteiger partial charge in [-0.15, -0.1) is 0 Å². The quantitative estimate of drug-likeness (QED) is 0.589. The lowest BCUT2D eigenvalue weighted by atomic mass is 10.1. The largest absolute Gasteiger partial charge is 0.382 e. The van der Waals surface area contributed by atoms with Crippen LogP contribution in [0.15, 0.2) is 0 Å². The van der Waals surface area contributed by atoms with Crippen molar-refractivity contribution in [2.45, 2.75) is 38.1 Å². The summed E-state index contributed by atoms with van der Waals surface area (Å²) in [5.74, 6) is 0. The van der Waals surface area contributed by atoms with E-state index in [0.29, 0.717) is 0 Å². The van der Waals surface area contributed by atoms with E-state index in [1.165, 1.54) is 12.8 Å². The summed E-state index contributed by atoms with van der Waals surface area (Å²) in [6.07, 6.45) is 4.72. The van der Waals surface area contributed by atoms with E-state index in [2.05, 4.69) is 0 Å². The summed E-state index contributed by atoms with van der Waals surface area (Å²) >= 11 is 0. The molecule has 0 aromatic heterocycles. The van der Waals surface area contributed by atoms with Gasteiger partial charge in [-0.25, -0.2) is 0 Å². The molecule has 0 radical (unpaired) electrons. The SMILES string of the molecule is CCOCCCC1(N)CC1. The molecule has 0 spiro atoms. The summed E-state index contributed by atoms with van der Waals surface area (Å²) in [4.78, 5) is 0. The average molecular weight is 143 g/mol. The molecule has 10 heavy (non-hydrogen) atoms. The van der Waals surface area contributed by atoms with Gasteiger partial charge in [0.15, 0.2) is 0 Å². The first-order chi connectivity index (χ1) is 4.77. The van der Waals surface area contributed by atoms with Gasteiger partial charge >= 0.3 is 0 Å². The van der Waals surface area contributed by atoms with E-state index in [0.717, 1.165) is 26.1 Å². The summed E-state index contributed by atoms with van der Waals surface area (Å²) in [5, 5.41) is 0. The minimum atomic E-state index is 0.219. The highest BCUT2D eigenvalue weighted by Crippen LogP contribution is 2.36. The molecule has 2 heteroatoms. The second kappa shape index (κ2) is 3.35. The molecule has 0 amide bonds. The first-order valence-corrected chi connectivity index (χ1v) is 4.13. The first kappa shape index (κ1) is 8.02. The van der Waals surface area contributed by atoms with Gasteiger partial charge in [0.25, 0.3) is 0 Å². The van der Waals surface area contributed by atoms with Crippen LogP contribution in [0.3, 0.4) is 0 Å². The smallest absolute Gasteiger partial charge is 0.0466 e. The van der Waals surface area contributed by atoms with Crippen LogP contribution < -0.4 is 5.73 Å². The van der Waals surface area contributed by atoms with Crippen molar-refractivity contribution in [3.8, 4) is 0 Å². The lowest BCUT2D eigenvalue weighted by Gasteiger charge is -2.06. The molecule has 1 fully saturated rings. The molecule has 0 aromatic carbocycles. The molecule has 1 aliphatic rings. The summed E-state index contributed by atoms with van der Waals surface area (Å²) in [6, 6.07) is 0. The Bertz CT molecular complexity index is 99.4. The van der Waals surface area contributed by atoms with E-state index >= 15 is 0 Å². The molecule has 0 unspecified atom stereocenters. The number of ether oxygens (including phenoxy) is 1. The Kier molecular flexibility index (Phi) is 2.69. The Morgan fingerprint density at radius 1 is 1.50 bits per heavy atom. The second-order valence-corrected chi connectivity index (χ2v) is 3.16. The zero-order valence-corrected chi connectivity index (χ0v) is 6.73. The van der Waals surface area contributed by atoms with E-state index in [1.54, 1.807) is 0 Å². The third kappa shape index (κ3) is 2.67. The van der Waals surface area contributed by atoms with Gasteiger partial charge in [0, 0.05) is 18.8 Å². The van der Waals surface area contributed by atoms with Gasteiger partial charge in [0.1, 0.15) is 0 Å². The first-order valence-electron chi connectivity index (χ1n) is 4.13. The van der Waals surface area contributed by atoms with Crippen LogP contribution in [0.4, 0.5) is 0 Å². The van der Waals surface area contributed by atoms with Gasteiger partial charge in [-0.3, -0.25) is 0 Å². The van der Waals surface area contributed by atoms with E-state index < -0.39 is 0 Å². The number of rotatable bonds is 5. The standard InChI is InChI=1S/C8H17NO/c1-2-10-7-3-4-8(9)5-6-8/h2-7,9H2,1H3. The molecule has 2 nitrogen and oxygen atoms in total. The molecule has 60 valence electrons. The molecule has 0 saturated heterocycles. The van der Waals surface area contributed by atoms with Crippen molar-refractivity contribution < 1.29 is 4.74 Å². The molecule has 1 aliphatic carbocycles. The molecule has 1 rings (SSSR count). The summed E-state index contributed by atoms with van der Waals surface area (Å²) in [5.41, 5.74) is 6.09. The molecule has 0 bridgehead atoms. The topological polar surface area (TPSA) is 35.2 Å². The average Bonchev–Trinajstić information content (AvgIpc) is 2.62. The van der Waals surface area contributed by atoms with E-state index in [-0.39, 0.29) is 5.54 Å². The van der Waals surface area contributed by atoms with Crippen LogP contribution in [0, 0.1) is 0 Å². The molecule has 0 atom stereocenters. The predicted octanol–water partition coefficient (Wildman–Crippen LogP) is 1.29. The zero-order chi connectivity index (χ0) is 7.45. The molecule has 1 saturated carbocycles. The fourth-order valence-electron chi connectivity index (χ4n) is 1.08. The maximum atomic E-state index is 5.87. The highest BCUT2D eigenvalue weighted by atomic mass is 16.5. The fourth-order valence-corrected chi connectivity index (χ4v) is 1.08. The van der Waals surface area contributed by atoms with Crippen LogP contribution in [0.5, 0.6) is 0 Å². The summed E-state index contributed by atoms with van der Waals surface area (Å²) in [6.45, 7) is 3.74. The Balaban J connectivity index is 1.86. The van der Waals surface area contributed by atoms with E-state index in [9.17, 15) is 0 Å². The molecular weight excluding hydrogens is 126 g/mol. The van der Waals surface area contributed by atoms with Crippen molar-refractivity contribution in [2.75, 3.05) is 13.2 Å². The zero-order valence-electron chi connectivity index (χ0n) is 6.73. The molecule has 0 aromatic rings. The lowest BCUT2D eigenvalue weighted by Crippen LogP contribution is -2.21. The summed E-state index contributed by atoms with van der Waals surface area (Å²) < 4.78 is 5.20. The third-order valence-electron chi connectivity index (χ3n) is 2.06. The lowest BCUT2D eigenvalue weighted by molar-refractivity contribution is 0.141. The highest BCUT2D eigenvalue weighted by Gasteiger charge is 2.36. The number of nitrogens with two attached hydrogens (primary N) is 1. The van der Waals surface area contributed by atoms with Crippen LogP contribution in [0.1, 0.15) is 32.6 Å². The summed E-state index contributed by atoms with van der Waals surface area (Å²) in [7, 11) is 0. The Morgan fingerprint density at radius 3 is 2.70 bits per heavy atom. The Hall–Kier alpha value is -0.0800. The van der Waals surface area contributed by atoms with Crippen molar-refractivity contribution in [1.82, 2.24) is 0 Å². The maximum Gasteiger partial charge on any atom is 0.0466 e. The van der Waals surface area contributed by atoms with Gasteiger partial charge in [-0.1, -0.05) is 0 Å². The highest BCUT2D eigenvalue weighted by molar-refractivity contribution is 4.97. The van der Waals surface area contributed by atoms with Crippen LogP contribution in [0.25, 0.3) is 0 Å². The predicted molar refractivity (Wildman–Crippen MR) is 41.9 cm³/mol. The van der Waals surface area contributed by atoms with Gasteiger partial charge < -0.3 is 10.5 Å². The molecule has 0 aliphatic heterocycles. The van der Waals surface area contributed by atoms with E-state index in [1.807, 2.05) is 6.92 Å². The van der Waals surface area contributed by atoms with Crippen molar-refractivity contribution in [3.05, 3.63) is 0 Å². The van der Waals surface area contributed by atoms with Crippen molar-refractivity contribution >= 4 is 0 Å². The molecular formula is C8H17NO. The fraction of sp³-hybridized carbons (Fsp3) is 1.00. The van der Waals surface area contributed by atoms with Gasteiger partial charge in [0.2, 0.25) is 0 Å². The van der Waals surface area contributed by atoms with Gasteiger partial charge in [-0.05, 0) is 32.6 Å².